The summed E-state index contributed by atoms with van der Waals surface area (Å²) in [5.74, 6) is 1.71. The van der Waals surface area contributed by atoms with Crippen molar-refractivity contribution in [2.45, 2.75) is 69.6 Å². The van der Waals surface area contributed by atoms with Crippen molar-refractivity contribution < 1.29 is 13.2 Å². The first-order chi connectivity index (χ1) is 18.5. The first-order valence-electron chi connectivity index (χ1n) is 13.2. The number of rotatable bonds is 9. The fourth-order valence-electron chi connectivity index (χ4n) is 4.64. The maximum absolute atomic E-state index is 12.9. The summed E-state index contributed by atoms with van der Waals surface area (Å²) in [5.41, 5.74) is 3.53. The van der Waals surface area contributed by atoms with E-state index in [4.69, 9.17) is 24.3 Å². The van der Waals surface area contributed by atoms with E-state index < -0.39 is 15.1 Å². The number of para-hydroxylation sites is 1. The van der Waals surface area contributed by atoms with Gasteiger partial charge in [0.05, 0.1) is 33.8 Å². The fraction of sp³-hybridized carbons (Fsp3) is 0.429. The molecule has 0 spiro atoms. The number of halogens is 1. The van der Waals surface area contributed by atoms with Crippen LogP contribution in [0, 0.1) is 6.92 Å². The number of nitrogens with zero attached hydrogens (tertiary/aromatic N) is 3. The minimum atomic E-state index is -3.53. The fourth-order valence-corrected chi connectivity index (χ4v) is 5.98. The molecular weight excluding hydrogens is 533 g/mol. The van der Waals surface area contributed by atoms with Crippen LogP contribution in [0.25, 0.3) is 0 Å². The number of piperidine rings is 1. The van der Waals surface area contributed by atoms with Crippen LogP contribution in [-0.2, 0) is 9.84 Å². The Morgan fingerprint density at radius 2 is 1.77 bits per heavy atom. The number of aryl methyl sites for hydroxylation is 1. The molecule has 8 nitrogen and oxygen atoms in total. The summed E-state index contributed by atoms with van der Waals surface area (Å²) in [4.78, 5) is 11.0. The standard InChI is InChI=1S/C28H35BClN5O3S/c1-17(2)38-25-15-21(20-10-12-35(29)13-11-20)19(5)14-24(25)33-28-31-16-22(30)27(34-28)32-23-8-6-7-9-26(23)39(36,37)18(3)4/h6-9,14-18,20H,10-13H2,1-5H3,(H2,31,32,33,34). The monoisotopic (exact) mass is 567 g/mol. The molecule has 1 aliphatic rings. The molecule has 1 fully saturated rings. The lowest BCUT2D eigenvalue weighted by Crippen LogP contribution is -2.30. The average molecular weight is 568 g/mol. The van der Waals surface area contributed by atoms with Crippen molar-refractivity contribution in [3.63, 3.8) is 0 Å². The van der Waals surface area contributed by atoms with Gasteiger partial charge in [-0.05, 0) is 102 Å². The van der Waals surface area contributed by atoms with Crippen molar-refractivity contribution in [2.75, 3.05) is 23.7 Å². The number of hydrogen-bond donors (Lipinski definition) is 2. The number of nitrogens with one attached hydrogen (secondary N) is 2. The third-order valence-corrected chi connectivity index (χ3v) is 9.24. The van der Waals surface area contributed by atoms with Crippen molar-refractivity contribution >= 4 is 52.6 Å². The van der Waals surface area contributed by atoms with E-state index >= 15 is 0 Å². The summed E-state index contributed by atoms with van der Waals surface area (Å²) in [6.45, 7) is 11.1. The van der Waals surface area contributed by atoms with E-state index in [0.717, 1.165) is 37.2 Å². The molecule has 0 unspecified atom stereocenters. The summed E-state index contributed by atoms with van der Waals surface area (Å²) in [6, 6.07) is 10.9. The molecule has 4 rings (SSSR count). The van der Waals surface area contributed by atoms with Gasteiger partial charge in [0.1, 0.15) is 10.8 Å². The van der Waals surface area contributed by atoms with Crippen LogP contribution in [0.15, 0.2) is 47.5 Å². The van der Waals surface area contributed by atoms with Crippen molar-refractivity contribution in [1.29, 1.82) is 0 Å². The highest BCUT2D eigenvalue weighted by Gasteiger charge is 2.24. The Labute approximate surface area is 237 Å². The molecule has 1 aliphatic heterocycles. The predicted octanol–water partition coefficient (Wildman–Crippen LogP) is 6.16. The molecule has 0 aliphatic carbocycles. The van der Waals surface area contributed by atoms with Crippen molar-refractivity contribution in [3.05, 3.63) is 58.7 Å². The first-order valence-corrected chi connectivity index (χ1v) is 15.1. The molecule has 2 radical (unpaired) electrons. The van der Waals surface area contributed by atoms with E-state index in [2.05, 4.69) is 39.7 Å². The molecule has 0 saturated carbocycles. The summed E-state index contributed by atoms with van der Waals surface area (Å²) in [7, 11) is 2.44. The van der Waals surface area contributed by atoms with E-state index in [1.165, 1.54) is 11.8 Å². The Morgan fingerprint density at radius 1 is 1.08 bits per heavy atom. The van der Waals surface area contributed by atoms with E-state index in [1.807, 2.05) is 18.7 Å². The molecule has 0 bridgehead atoms. The van der Waals surface area contributed by atoms with Crippen LogP contribution in [-0.4, -0.2) is 55.6 Å². The Kier molecular flexibility index (Phi) is 9.09. The van der Waals surface area contributed by atoms with Gasteiger partial charge >= 0.3 is 0 Å². The summed E-state index contributed by atoms with van der Waals surface area (Å²) in [6.07, 6.45) is 3.43. The van der Waals surface area contributed by atoms with Crippen molar-refractivity contribution in [3.8, 4) is 5.75 Å². The topological polar surface area (TPSA) is 96.5 Å². The minimum Gasteiger partial charge on any atom is -0.489 e. The van der Waals surface area contributed by atoms with Gasteiger partial charge in [0, 0.05) is 0 Å². The molecule has 2 N–H and O–H groups in total. The first kappa shape index (κ1) is 29.2. The van der Waals surface area contributed by atoms with Gasteiger partial charge in [0.25, 0.3) is 0 Å². The number of sulfone groups is 1. The molecule has 0 atom stereocenters. The van der Waals surface area contributed by atoms with Crippen LogP contribution in [0.3, 0.4) is 0 Å². The molecule has 0 amide bonds. The zero-order valence-corrected chi connectivity index (χ0v) is 24.6. The largest absolute Gasteiger partial charge is 0.489 e. The van der Waals surface area contributed by atoms with Crippen LogP contribution < -0.4 is 15.4 Å². The summed E-state index contributed by atoms with van der Waals surface area (Å²) in [5, 5.41) is 6.06. The molecular formula is C28H35BClN5O3S. The van der Waals surface area contributed by atoms with Gasteiger partial charge in [-0.15, -0.1) is 0 Å². The SMILES string of the molecule is [B]N1CCC(c2cc(OC(C)C)c(Nc3ncc(Cl)c(Nc4ccccc4S(=O)(=O)C(C)C)n3)cc2C)CC1. The second kappa shape index (κ2) is 12.1. The van der Waals surface area contributed by atoms with Gasteiger partial charge in [-0.2, -0.15) is 4.98 Å². The number of benzene rings is 2. The lowest BCUT2D eigenvalue weighted by Gasteiger charge is -2.31. The van der Waals surface area contributed by atoms with Gasteiger partial charge < -0.3 is 20.2 Å². The Balaban J connectivity index is 1.65. The highest BCUT2D eigenvalue weighted by Crippen LogP contribution is 2.38. The van der Waals surface area contributed by atoms with Crippen LogP contribution in [0.2, 0.25) is 5.02 Å². The lowest BCUT2D eigenvalue weighted by atomic mass is 9.85. The second-order valence-corrected chi connectivity index (χ2v) is 13.3. The van der Waals surface area contributed by atoms with Gasteiger partial charge in [0.15, 0.2) is 23.6 Å². The van der Waals surface area contributed by atoms with E-state index in [-0.39, 0.29) is 21.8 Å². The maximum atomic E-state index is 12.9. The molecule has 1 saturated heterocycles. The molecule has 206 valence electrons. The normalized spacial score (nSPS) is 15.1. The highest BCUT2D eigenvalue weighted by molar-refractivity contribution is 7.92. The second-order valence-electron chi connectivity index (χ2n) is 10.4. The molecule has 2 aromatic carbocycles. The van der Waals surface area contributed by atoms with Gasteiger partial charge in [-0.1, -0.05) is 23.7 Å². The Bertz CT molecular complexity index is 1430. The zero-order chi connectivity index (χ0) is 28.3. The third kappa shape index (κ3) is 6.85. The van der Waals surface area contributed by atoms with Gasteiger partial charge in [-0.25, -0.2) is 13.4 Å². The van der Waals surface area contributed by atoms with Crippen LogP contribution >= 0.6 is 11.6 Å². The highest BCUT2D eigenvalue weighted by atomic mass is 35.5. The van der Waals surface area contributed by atoms with E-state index in [0.29, 0.717) is 23.3 Å². The summed E-state index contributed by atoms with van der Waals surface area (Å²) < 4.78 is 32.0. The van der Waals surface area contributed by atoms with Crippen molar-refractivity contribution in [2.24, 2.45) is 0 Å². The van der Waals surface area contributed by atoms with Crippen molar-refractivity contribution in [1.82, 2.24) is 14.8 Å². The molecule has 2 heterocycles. The zero-order valence-electron chi connectivity index (χ0n) is 23.0. The summed E-state index contributed by atoms with van der Waals surface area (Å²) >= 11 is 6.42. The van der Waals surface area contributed by atoms with Crippen LogP contribution in [0.1, 0.15) is 57.6 Å². The number of ether oxygens (including phenoxy) is 1. The smallest absolute Gasteiger partial charge is 0.229 e. The molecule has 3 aromatic rings. The predicted molar refractivity (Wildman–Crippen MR) is 159 cm³/mol. The average Bonchev–Trinajstić information content (AvgIpc) is 2.88. The molecule has 39 heavy (non-hydrogen) atoms. The Morgan fingerprint density at radius 3 is 2.44 bits per heavy atom. The van der Waals surface area contributed by atoms with Gasteiger partial charge in [0.2, 0.25) is 5.95 Å². The van der Waals surface area contributed by atoms with Crippen LogP contribution in [0.5, 0.6) is 5.75 Å². The Hall–Kier alpha value is -2.82. The number of anilines is 4. The molecule has 11 heteroatoms. The minimum absolute atomic E-state index is 0.0326. The van der Waals surface area contributed by atoms with Crippen LogP contribution in [0.4, 0.5) is 23.1 Å². The number of hydrogen-bond acceptors (Lipinski definition) is 8. The van der Waals surface area contributed by atoms with E-state index in [1.54, 1.807) is 38.1 Å². The van der Waals surface area contributed by atoms with Gasteiger partial charge in [-0.3, -0.25) is 0 Å². The quantitative estimate of drug-likeness (QED) is 0.297. The number of aromatic nitrogens is 2. The lowest BCUT2D eigenvalue weighted by molar-refractivity contribution is 0.243. The molecule has 1 aromatic heterocycles. The maximum Gasteiger partial charge on any atom is 0.229 e. The van der Waals surface area contributed by atoms with E-state index in [9.17, 15) is 8.42 Å². The third-order valence-electron chi connectivity index (χ3n) is 6.76.